The van der Waals surface area contributed by atoms with Crippen molar-refractivity contribution in [3.63, 3.8) is 0 Å². The van der Waals surface area contributed by atoms with Crippen molar-refractivity contribution in [3.05, 3.63) is 65.4 Å². The monoisotopic (exact) mass is 379 g/mol. The highest BCUT2D eigenvalue weighted by atomic mass is 16.5. The fourth-order valence-corrected chi connectivity index (χ4v) is 2.72. The van der Waals surface area contributed by atoms with Crippen molar-refractivity contribution in [1.82, 2.24) is 5.32 Å². The smallest absolute Gasteiger partial charge is 0.263 e. The molecule has 1 amide bonds. The van der Waals surface area contributed by atoms with E-state index < -0.39 is 5.91 Å². The van der Waals surface area contributed by atoms with Crippen molar-refractivity contribution in [1.29, 1.82) is 5.26 Å². The SMILES string of the molecule is CCc1ccccc1N/C=C(/C#N)C(=O)NCCc1ccc(OC)c(OC)c1. The molecule has 2 aromatic carbocycles. The number of carbonyl (C=O) groups is 1. The summed E-state index contributed by atoms with van der Waals surface area (Å²) in [5.74, 6) is 0.885. The zero-order valence-electron chi connectivity index (χ0n) is 16.4. The molecule has 6 nitrogen and oxygen atoms in total. The molecule has 0 fully saturated rings. The van der Waals surface area contributed by atoms with Crippen LogP contribution in [0.1, 0.15) is 18.1 Å². The van der Waals surface area contributed by atoms with Crippen LogP contribution in [0.4, 0.5) is 5.69 Å². The summed E-state index contributed by atoms with van der Waals surface area (Å²) < 4.78 is 10.5. The summed E-state index contributed by atoms with van der Waals surface area (Å²) in [6, 6.07) is 15.3. The molecule has 0 aliphatic rings. The molecule has 0 aliphatic heterocycles. The van der Waals surface area contributed by atoms with Crippen LogP contribution in [-0.2, 0) is 17.6 Å². The first-order chi connectivity index (χ1) is 13.6. The highest BCUT2D eigenvalue weighted by Crippen LogP contribution is 2.27. The third-order valence-electron chi connectivity index (χ3n) is 4.28. The average Bonchev–Trinajstić information content (AvgIpc) is 2.74. The Labute approximate surface area is 165 Å². The van der Waals surface area contributed by atoms with Crippen LogP contribution in [0.3, 0.4) is 0 Å². The molecule has 28 heavy (non-hydrogen) atoms. The molecule has 2 rings (SSSR count). The Hall–Kier alpha value is -3.46. The Morgan fingerprint density at radius 2 is 1.89 bits per heavy atom. The first-order valence-electron chi connectivity index (χ1n) is 9.06. The topological polar surface area (TPSA) is 83.4 Å². The van der Waals surface area contributed by atoms with Gasteiger partial charge in [0, 0.05) is 18.4 Å². The maximum atomic E-state index is 12.3. The third-order valence-corrected chi connectivity index (χ3v) is 4.28. The molecule has 2 aromatic rings. The van der Waals surface area contributed by atoms with Crippen LogP contribution in [0.15, 0.2) is 54.2 Å². The summed E-state index contributed by atoms with van der Waals surface area (Å²) in [5, 5.41) is 15.1. The number of nitriles is 1. The molecule has 0 bridgehead atoms. The Bertz CT molecular complexity index is 885. The quantitative estimate of drug-likeness (QED) is 0.515. The van der Waals surface area contributed by atoms with Crippen LogP contribution < -0.4 is 20.1 Å². The number of hydrogen-bond acceptors (Lipinski definition) is 5. The Kier molecular flexibility index (Phi) is 7.92. The summed E-state index contributed by atoms with van der Waals surface area (Å²) in [5.41, 5.74) is 3.02. The zero-order valence-corrected chi connectivity index (χ0v) is 16.4. The second-order valence-corrected chi connectivity index (χ2v) is 6.02. The van der Waals surface area contributed by atoms with E-state index in [2.05, 4.69) is 17.6 Å². The summed E-state index contributed by atoms with van der Waals surface area (Å²) in [6.07, 6.45) is 2.91. The lowest BCUT2D eigenvalue weighted by atomic mass is 10.1. The zero-order chi connectivity index (χ0) is 20.4. The van der Waals surface area contributed by atoms with Crippen molar-refractivity contribution in [2.24, 2.45) is 0 Å². The van der Waals surface area contributed by atoms with Crippen LogP contribution in [-0.4, -0.2) is 26.7 Å². The fraction of sp³-hybridized carbons (Fsp3) is 0.273. The van der Waals surface area contributed by atoms with Crippen molar-refractivity contribution in [2.75, 3.05) is 26.1 Å². The number of para-hydroxylation sites is 1. The molecule has 0 unspecified atom stereocenters. The number of anilines is 1. The summed E-state index contributed by atoms with van der Waals surface area (Å²) >= 11 is 0. The first kappa shape index (κ1) is 20.8. The normalized spacial score (nSPS) is 10.7. The maximum Gasteiger partial charge on any atom is 0.263 e. The predicted octanol–water partition coefficient (Wildman–Crippen LogP) is 3.44. The van der Waals surface area contributed by atoms with Gasteiger partial charge in [-0.25, -0.2) is 0 Å². The number of benzene rings is 2. The lowest BCUT2D eigenvalue weighted by Gasteiger charge is -2.10. The van der Waals surface area contributed by atoms with E-state index in [1.165, 1.54) is 6.20 Å². The minimum atomic E-state index is -0.413. The molecule has 0 aromatic heterocycles. The van der Waals surface area contributed by atoms with Crippen LogP contribution >= 0.6 is 0 Å². The number of rotatable bonds is 9. The van der Waals surface area contributed by atoms with E-state index in [1.807, 2.05) is 48.5 Å². The van der Waals surface area contributed by atoms with Crippen molar-refractivity contribution >= 4 is 11.6 Å². The number of hydrogen-bond donors (Lipinski definition) is 2. The molecule has 0 saturated heterocycles. The highest BCUT2D eigenvalue weighted by molar-refractivity contribution is 5.97. The molecular weight excluding hydrogens is 354 g/mol. The van der Waals surface area contributed by atoms with E-state index in [0.29, 0.717) is 24.5 Å². The standard InChI is InChI=1S/C22H25N3O3/c1-4-17-7-5-6-8-19(17)25-15-18(14-23)22(26)24-12-11-16-9-10-20(27-2)21(13-16)28-3/h5-10,13,15,25H,4,11-12H2,1-3H3,(H,24,26)/b18-15-. The van der Waals surface area contributed by atoms with E-state index >= 15 is 0 Å². The number of ether oxygens (including phenoxy) is 2. The molecule has 0 radical (unpaired) electrons. The Morgan fingerprint density at radius 1 is 1.14 bits per heavy atom. The van der Waals surface area contributed by atoms with E-state index in [-0.39, 0.29) is 5.57 Å². The average molecular weight is 379 g/mol. The van der Waals surface area contributed by atoms with Gasteiger partial charge in [-0.1, -0.05) is 31.2 Å². The van der Waals surface area contributed by atoms with Gasteiger partial charge in [0.05, 0.1) is 14.2 Å². The van der Waals surface area contributed by atoms with E-state index in [1.54, 1.807) is 14.2 Å². The van der Waals surface area contributed by atoms with Crippen LogP contribution in [0.2, 0.25) is 0 Å². The minimum Gasteiger partial charge on any atom is -0.493 e. The molecule has 0 saturated carbocycles. The molecular formula is C22H25N3O3. The molecule has 2 N–H and O–H groups in total. The highest BCUT2D eigenvalue weighted by Gasteiger charge is 2.10. The van der Waals surface area contributed by atoms with Crippen molar-refractivity contribution in [3.8, 4) is 17.6 Å². The summed E-state index contributed by atoms with van der Waals surface area (Å²) in [6.45, 7) is 2.45. The number of amides is 1. The number of aryl methyl sites for hydroxylation is 1. The molecule has 6 heteroatoms. The van der Waals surface area contributed by atoms with Crippen LogP contribution in [0, 0.1) is 11.3 Å². The van der Waals surface area contributed by atoms with Crippen LogP contribution in [0.25, 0.3) is 0 Å². The summed E-state index contributed by atoms with van der Waals surface area (Å²) in [7, 11) is 3.16. The second-order valence-electron chi connectivity index (χ2n) is 6.02. The lowest BCUT2D eigenvalue weighted by molar-refractivity contribution is -0.117. The number of carbonyl (C=O) groups excluding carboxylic acids is 1. The second kappa shape index (κ2) is 10.6. The molecule has 0 aliphatic carbocycles. The Balaban J connectivity index is 1.94. The van der Waals surface area contributed by atoms with Gasteiger partial charge in [0.15, 0.2) is 11.5 Å². The number of nitrogens with zero attached hydrogens (tertiary/aromatic N) is 1. The van der Waals surface area contributed by atoms with Gasteiger partial charge in [-0.2, -0.15) is 5.26 Å². The van der Waals surface area contributed by atoms with E-state index in [4.69, 9.17) is 9.47 Å². The van der Waals surface area contributed by atoms with Gasteiger partial charge in [-0.3, -0.25) is 4.79 Å². The fourth-order valence-electron chi connectivity index (χ4n) is 2.72. The predicted molar refractivity (Wildman–Crippen MR) is 109 cm³/mol. The molecule has 0 heterocycles. The van der Waals surface area contributed by atoms with Gasteiger partial charge in [0.1, 0.15) is 11.6 Å². The number of nitrogens with one attached hydrogen (secondary N) is 2. The van der Waals surface area contributed by atoms with E-state index in [0.717, 1.165) is 23.2 Å². The Morgan fingerprint density at radius 3 is 2.57 bits per heavy atom. The van der Waals surface area contributed by atoms with Gasteiger partial charge in [-0.05, 0) is 42.2 Å². The van der Waals surface area contributed by atoms with Gasteiger partial charge in [0.25, 0.3) is 5.91 Å². The van der Waals surface area contributed by atoms with E-state index in [9.17, 15) is 10.1 Å². The number of methoxy groups -OCH3 is 2. The van der Waals surface area contributed by atoms with Gasteiger partial charge >= 0.3 is 0 Å². The maximum absolute atomic E-state index is 12.3. The van der Waals surface area contributed by atoms with Gasteiger partial charge < -0.3 is 20.1 Å². The largest absolute Gasteiger partial charge is 0.493 e. The first-order valence-corrected chi connectivity index (χ1v) is 9.06. The van der Waals surface area contributed by atoms with Gasteiger partial charge in [-0.15, -0.1) is 0 Å². The summed E-state index contributed by atoms with van der Waals surface area (Å²) in [4.78, 5) is 12.3. The molecule has 0 spiro atoms. The molecule has 146 valence electrons. The van der Waals surface area contributed by atoms with Crippen molar-refractivity contribution in [2.45, 2.75) is 19.8 Å². The van der Waals surface area contributed by atoms with Crippen LogP contribution in [0.5, 0.6) is 11.5 Å². The van der Waals surface area contributed by atoms with Crippen molar-refractivity contribution < 1.29 is 14.3 Å². The molecule has 0 atom stereocenters. The lowest BCUT2D eigenvalue weighted by Crippen LogP contribution is -2.27. The van der Waals surface area contributed by atoms with Gasteiger partial charge in [0.2, 0.25) is 0 Å². The minimum absolute atomic E-state index is 0.0261. The third kappa shape index (κ3) is 5.52.